The summed E-state index contributed by atoms with van der Waals surface area (Å²) in [5, 5.41) is 5.25. The highest BCUT2D eigenvalue weighted by Gasteiger charge is 2.07. The van der Waals surface area contributed by atoms with Gasteiger partial charge in [0.2, 0.25) is 0 Å². The van der Waals surface area contributed by atoms with Gasteiger partial charge in [-0.3, -0.25) is 4.84 Å². The first kappa shape index (κ1) is 8.89. The van der Waals surface area contributed by atoms with Crippen LogP contribution in [0.2, 0.25) is 0 Å². The van der Waals surface area contributed by atoms with Crippen molar-refractivity contribution in [2.75, 3.05) is 40.1 Å². The van der Waals surface area contributed by atoms with E-state index in [1.165, 1.54) is 0 Å². The molecule has 1 fully saturated rings. The Hall–Kier alpha value is -0.200. The summed E-state index contributed by atoms with van der Waals surface area (Å²) in [6.45, 7) is 4.21. The van der Waals surface area contributed by atoms with Crippen LogP contribution in [0.15, 0.2) is 0 Å². The van der Waals surface area contributed by atoms with Gasteiger partial charge in [0.25, 0.3) is 0 Å². The van der Waals surface area contributed by atoms with E-state index in [0.717, 1.165) is 26.2 Å². The third-order valence-electron chi connectivity index (χ3n) is 1.49. The molecule has 0 bridgehead atoms. The first-order valence-electron chi connectivity index (χ1n) is 3.75. The Morgan fingerprint density at radius 3 is 2.82 bits per heavy atom. The maximum absolute atomic E-state index is 4.95. The van der Waals surface area contributed by atoms with E-state index in [2.05, 4.69) is 10.9 Å². The topological polar surface area (TPSA) is 45.8 Å². The summed E-state index contributed by atoms with van der Waals surface area (Å²) in [6.07, 6.45) is 0. The molecule has 0 aromatic rings. The molecule has 0 amide bonds. The molecule has 0 aromatic carbocycles. The van der Waals surface area contributed by atoms with Crippen molar-refractivity contribution in [3.05, 3.63) is 0 Å². The van der Waals surface area contributed by atoms with Gasteiger partial charge >= 0.3 is 0 Å². The van der Waals surface area contributed by atoms with Gasteiger partial charge in [0.05, 0.1) is 0 Å². The van der Waals surface area contributed by atoms with Crippen LogP contribution in [0.3, 0.4) is 0 Å². The summed E-state index contributed by atoms with van der Waals surface area (Å²) >= 11 is 0. The smallest absolute Gasteiger partial charge is 0.168 e. The average molecular weight is 161 g/mol. The molecule has 2 N–H and O–H groups in total. The molecular formula is C6H15N3O2. The summed E-state index contributed by atoms with van der Waals surface area (Å²) in [5.74, 6) is 0. The van der Waals surface area contributed by atoms with Gasteiger partial charge in [-0.15, -0.1) is 5.59 Å². The Morgan fingerprint density at radius 2 is 2.18 bits per heavy atom. The van der Waals surface area contributed by atoms with E-state index in [-0.39, 0.29) is 6.79 Å². The molecule has 0 aliphatic carbocycles. The number of rotatable bonds is 4. The van der Waals surface area contributed by atoms with Gasteiger partial charge in [0.15, 0.2) is 6.79 Å². The first-order valence-corrected chi connectivity index (χ1v) is 3.75. The zero-order valence-corrected chi connectivity index (χ0v) is 6.80. The van der Waals surface area contributed by atoms with Crippen molar-refractivity contribution in [1.82, 2.24) is 15.9 Å². The van der Waals surface area contributed by atoms with Crippen molar-refractivity contribution in [2.24, 2.45) is 0 Å². The molecule has 1 saturated heterocycles. The molecule has 0 spiro atoms. The number of hydrogen-bond acceptors (Lipinski definition) is 5. The lowest BCUT2D eigenvalue weighted by atomic mass is 10.4. The summed E-state index contributed by atoms with van der Waals surface area (Å²) in [6, 6.07) is 0. The van der Waals surface area contributed by atoms with Crippen LogP contribution in [0.5, 0.6) is 0 Å². The van der Waals surface area contributed by atoms with Crippen LogP contribution >= 0.6 is 0 Å². The van der Waals surface area contributed by atoms with E-state index in [1.54, 1.807) is 7.11 Å². The summed E-state index contributed by atoms with van der Waals surface area (Å²) < 4.78 is 4.71. The molecule has 1 aliphatic heterocycles. The second-order valence-corrected chi connectivity index (χ2v) is 2.38. The quantitative estimate of drug-likeness (QED) is 0.312. The highest BCUT2D eigenvalue weighted by atomic mass is 16.8. The molecule has 1 heterocycles. The van der Waals surface area contributed by atoms with Crippen LogP contribution < -0.4 is 10.9 Å². The fraction of sp³-hybridized carbons (Fsp3) is 1.00. The van der Waals surface area contributed by atoms with Crippen molar-refractivity contribution < 1.29 is 9.57 Å². The summed E-state index contributed by atoms with van der Waals surface area (Å²) in [4.78, 5) is 4.95. The van der Waals surface area contributed by atoms with E-state index >= 15 is 0 Å². The van der Waals surface area contributed by atoms with E-state index in [1.807, 2.05) is 5.01 Å². The summed E-state index contributed by atoms with van der Waals surface area (Å²) in [5.41, 5.74) is 2.79. The van der Waals surface area contributed by atoms with E-state index in [4.69, 9.17) is 9.57 Å². The zero-order chi connectivity index (χ0) is 7.94. The average Bonchev–Trinajstić information content (AvgIpc) is 2.07. The zero-order valence-electron chi connectivity index (χ0n) is 6.80. The molecule has 5 nitrogen and oxygen atoms in total. The van der Waals surface area contributed by atoms with Gasteiger partial charge in [0, 0.05) is 33.3 Å². The molecular weight excluding hydrogens is 146 g/mol. The Morgan fingerprint density at radius 1 is 1.45 bits per heavy atom. The first-order chi connectivity index (χ1) is 5.43. The Labute approximate surface area is 66.6 Å². The van der Waals surface area contributed by atoms with Crippen LogP contribution in [-0.4, -0.2) is 45.1 Å². The maximum atomic E-state index is 4.95. The van der Waals surface area contributed by atoms with Gasteiger partial charge < -0.3 is 10.1 Å². The number of nitrogens with one attached hydrogen (secondary N) is 2. The van der Waals surface area contributed by atoms with E-state index in [9.17, 15) is 0 Å². The van der Waals surface area contributed by atoms with Crippen LogP contribution in [0.4, 0.5) is 0 Å². The normalized spacial score (nSPS) is 20.5. The molecule has 0 radical (unpaired) electrons. The van der Waals surface area contributed by atoms with Gasteiger partial charge in [-0.1, -0.05) is 0 Å². The minimum absolute atomic E-state index is 0.282. The molecule has 0 unspecified atom stereocenters. The molecule has 1 rings (SSSR count). The van der Waals surface area contributed by atoms with Crippen molar-refractivity contribution in [3.63, 3.8) is 0 Å². The highest BCUT2D eigenvalue weighted by molar-refractivity contribution is 4.61. The predicted octanol–water partition coefficient (Wildman–Crippen LogP) is -1.07. The van der Waals surface area contributed by atoms with Gasteiger partial charge in [-0.2, -0.15) is 0 Å². The second kappa shape index (κ2) is 5.45. The number of hydrogen-bond donors (Lipinski definition) is 2. The third-order valence-corrected chi connectivity index (χ3v) is 1.49. The number of nitrogens with zero attached hydrogens (tertiary/aromatic N) is 1. The largest absolute Gasteiger partial charge is 0.357 e. The van der Waals surface area contributed by atoms with Crippen molar-refractivity contribution in [3.8, 4) is 0 Å². The van der Waals surface area contributed by atoms with E-state index in [0.29, 0.717) is 0 Å². The third kappa shape index (κ3) is 3.64. The van der Waals surface area contributed by atoms with Gasteiger partial charge in [-0.25, -0.2) is 5.01 Å². The fourth-order valence-corrected chi connectivity index (χ4v) is 0.933. The molecule has 0 saturated carbocycles. The maximum Gasteiger partial charge on any atom is 0.168 e. The fourth-order valence-electron chi connectivity index (χ4n) is 0.933. The minimum atomic E-state index is 0.282. The predicted molar refractivity (Wildman–Crippen MR) is 40.5 cm³/mol. The van der Waals surface area contributed by atoms with Gasteiger partial charge in [-0.05, 0) is 0 Å². The number of piperazine rings is 1. The molecule has 66 valence electrons. The molecule has 1 aliphatic rings. The van der Waals surface area contributed by atoms with Crippen LogP contribution in [-0.2, 0) is 9.57 Å². The van der Waals surface area contributed by atoms with Crippen molar-refractivity contribution in [2.45, 2.75) is 0 Å². The SMILES string of the molecule is COCONN1CCNCC1. The lowest BCUT2D eigenvalue weighted by Gasteiger charge is -2.26. The monoisotopic (exact) mass is 161 g/mol. The van der Waals surface area contributed by atoms with E-state index < -0.39 is 0 Å². The highest BCUT2D eigenvalue weighted by Crippen LogP contribution is 1.85. The van der Waals surface area contributed by atoms with Crippen molar-refractivity contribution >= 4 is 0 Å². The standard InChI is InChI=1S/C6H15N3O2/c1-10-6-11-8-9-4-2-7-3-5-9/h7-8H,2-6H2,1H3. The van der Waals surface area contributed by atoms with Gasteiger partial charge in [0.1, 0.15) is 0 Å². The number of methoxy groups -OCH3 is 1. The Bertz CT molecular complexity index is 95.8. The summed E-state index contributed by atoms with van der Waals surface area (Å²) in [7, 11) is 1.60. The van der Waals surface area contributed by atoms with Crippen LogP contribution in [0.1, 0.15) is 0 Å². The Balaban J connectivity index is 1.96. The minimum Gasteiger partial charge on any atom is -0.357 e. The lowest BCUT2D eigenvalue weighted by molar-refractivity contribution is -0.153. The molecule has 11 heavy (non-hydrogen) atoms. The number of hydrazine groups is 1. The number of ether oxygens (including phenoxy) is 1. The van der Waals surface area contributed by atoms with Crippen LogP contribution in [0.25, 0.3) is 0 Å². The molecule has 0 atom stereocenters. The second-order valence-electron chi connectivity index (χ2n) is 2.38. The molecule has 0 aromatic heterocycles. The lowest BCUT2D eigenvalue weighted by Crippen LogP contribution is -2.50. The molecule has 5 heteroatoms. The Kier molecular flexibility index (Phi) is 4.41. The van der Waals surface area contributed by atoms with Crippen LogP contribution in [0, 0.1) is 0 Å². The van der Waals surface area contributed by atoms with Crippen molar-refractivity contribution in [1.29, 1.82) is 0 Å².